The predicted molar refractivity (Wildman–Crippen MR) is 60.0 cm³/mol. The molecule has 2 heterocycles. The van der Waals surface area contributed by atoms with Gasteiger partial charge in [0.05, 0.1) is 18.7 Å². The fraction of sp³-hybridized carbons (Fsp3) is 0.333. The number of carbonyl (C=O) groups excluding carboxylic acids is 1. The van der Waals surface area contributed by atoms with Crippen LogP contribution < -0.4 is 5.76 Å². The summed E-state index contributed by atoms with van der Waals surface area (Å²) in [5.41, 5.74) is 1.42. The number of rotatable bonds is 2. The summed E-state index contributed by atoms with van der Waals surface area (Å²) in [6.45, 7) is 2.36. The Hall–Kier alpha value is -1.88. The highest BCUT2D eigenvalue weighted by molar-refractivity contribution is 5.90. The molecule has 1 aliphatic rings. The second kappa shape index (κ2) is 3.30. The Morgan fingerprint density at radius 3 is 2.76 bits per heavy atom. The van der Waals surface area contributed by atoms with Crippen LogP contribution in [0.2, 0.25) is 0 Å². The number of ether oxygens (including phenoxy) is 1. The lowest BCUT2D eigenvalue weighted by atomic mass is 9.75. The van der Waals surface area contributed by atoms with E-state index in [9.17, 15) is 9.59 Å². The van der Waals surface area contributed by atoms with Gasteiger partial charge in [0.2, 0.25) is 0 Å². The summed E-state index contributed by atoms with van der Waals surface area (Å²) >= 11 is 0. The van der Waals surface area contributed by atoms with E-state index in [2.05, 4.69) is 4.98 Å². The van der Waals surface area contributed by atoms with E-state index >= 15 is 0 Å². The third-order valence-corrected chi connectivity index (χ3v) is 3.34. The Kier molecular flexibility index (Phi) is 2.00. The fourth-order valence-electron chi connectivity index (χ4n) is 2.13. The Morgan fingerprint density at radius 1 is 1.41 bits per heavy atom. The zero-order chi connectivity index (χ0) is 12.0. The predicted octanol–water partition coefficient (Wildman–Crippen LogP) is 0.978. The minimum atomic E-state index is -0.553. The van der Waals surface area contributed by atoms with Gasteiger partial charge < -0.3 is 9.15 Å². The van der Waals surface area contributed by atoms with E-state index in [1.54, 1.807) is 19.1 Å². The monoisotopic (exact) mass is 233 g/mol. The largest absolute Gasteiger partial charge is 0.417 e. The van der Waals surface area contributed by atoms with Crippen molar-refractivity contribution < 1.29 is 13.9 Å². The molecule has 0 spiro atoms. The van der Waals surface area contributed by atoms with Gasteiger partial charge in [-0.1, -0.05) is 6.07 Å². The van der Waals surface area contributed by atoms with Crippen LogP contribution in [0.15, 0.2) is 27.4 Å². The van der Waals surface area contributed by atoms with Gasteiger partial charge in [-0.25, -0.2) is 4.79 Å². The molecule has 0 amide bonds. The molecule has 5 nitrogen and oxygen atoms in total. The molecule has 0 radical (unpaired) electrons. The average molecular weight is 233 g/mol. The van der Waals surface area contributed by atoms with Crippen molar-refractivity contribution in [3.05, 3.63) is 34.3 Å². The van der Waals surface area contributed by atoms with Gasteiger partial charge in [-0.3, -0.25) is 9.78 Å². The van der Waals surface area contributed by atoms with Crippen molar-refractivity contribution in [2.24, 2.45) is 0 Å². The minimum Gasteiger partial charge on any atom is -0.408 e. The smallest absolute Gasteiger partial charge is 0.408 e. The number of aromatic amines is 1. The molecule has 17 heavy (non-hydrogen) atoms. The first kappa shape index (κ1) is 10.3. The molecule has 5 heteroatoms. The molecule has 1 aromatic heterocycles. The maximum atomic E-state index is 11.7. The molecule has 1 aromatic carbocycles. The summed E-state index contributed by atoms with van der Waals surface area (Å²) in [6, 6.07) is 5.29. The van der Waals surface area contributed by atoms with Gasteiger partial charge in [-0.2, -0.15) is 0 Å². The molecule has 2 aromatic rings. The summed E-state index contributed by atoms with van der Waals surface area (Å²) in [5, 5.41) is 0. The molecule has 0 atom stereocenters. The summed E-state index contributed by atoms with van der Waals surface area (Å²) in [6.07, 6.45) is 0. The Morgan fingerprint density at radius 2 is 2.18 bits per heavy atom. The highest BCUT2D eigenvalue weighted by Crippen LogP contribution is 2.34. The second-order valence-corrected chi connectivity index (χ2v) is 4.36. The van der Waals surface area contributed by atoms with Crippen molar-refractivity contribution in [3.8, 4) is 0 Å². The molecule has 3 rings (SSSR count). The highest BCUT2D eigenvalue weighted by Gasteiger charge is 2.45. The average Bonchev–Trinajstić information content (AvgIpc) is 2.54. The summed E-state index contributed by atoms with van der Waals surface area (Å²) in [5.74, 6) is -0.409. The van der Waals surface area contributed by atoms with E-state index < -0.39 is 11.2 Å². The van der Waals surface area contributed by atoms with Gasteiger partial charge >= 0.3 is 5.76 Å². The molecular weight excluding hydrogens is 222 g/mol. The van der Waals surface area contributed by atoms with Gasteiger partial charge in [0.15, 0.2) is 5.58 Å². The number of nitrogens with one attached hydrogen (secondary N) is 1. The van der Waals surface area contributed by atoms with Crippen LogP contribution in [0.1, 0.15) is 12.5 Å². The first-order valence-corrected chi connectivity index (χ1v) is 5.34. The molecule has 0 saturated carbocycles. The maximum Gasteiger partial charge on any atom is 0.417 e. The fourth-order valence-corrected chi connectivity index (χ4v) is 2.13. The standard InChI is InChI=1S/C12H11NO4/c1-7(14)12(5-16-6-12)8-2-3-10-9(4-8)13-11(15)17-10/h2-4H,5-6H2,1H3,(H,13,15). The van der Waals surface area contributed by atoms with Crippen molar-refractivity contribution >= 4 is 16.9 Å². The molecule has 0 unspecified atom stereocenters. The Balaban J connectivity index is 2.17. The summed E-state index contributed by atoms with van der Waals surface area (Å²) in [7, 11) is 0. The molecule has 1 saturated heterocycles. The number of carbonyl (C=O) groups is 1. The zero-order valence-electron chi connectivity index (χ0n) is 9.28. The van der Waals surface area contributed by atoms with Crippen molar-refractivity contribution in [2.45, 2.75) is 12.3 Å². The number of ketones is 1. The SMILES string of the molecule is CC(=O)C1(c2ccc3oc(=O)[nH]c3c2)COC1. The van der Waals surface area contributed by atoms with Crippen molar-refractivity contribution in [3.63, 3.8) is 0 Å². The normalized spacial score (nSPS) is 17.9. The van der Waals surface area contributed by atoms with Gasteiger partial charge in [-0.15, -0.1) is 0 Å². The van der Waals surface area contributed by atoms with Crippen LogP contribution in [0.5, 0.6) is 0 Å². The van der Waals surface area contributed by atoms with Crippen LogP contribution in [0.4, 0.5) is 0 Å². The molecular formula is C12H11NO4. The van der Waals surface area contributed by atoms with E-state index in [0.29, 0.717) is 24.3 Å². The maximum absolute atomic E-state index is 11.7. The first-order chi connectivity index (χ1) is 8.12. The number of hydrogen-bond acceptors (Lipinski definition) is 4. The first-order valence-electron chi connectivity index (χ1n) is 5.34. The zero-order valence-corrected chi connectivity index (χ0v) is 9.28. The van der Waals surface area contributed by atoms with Gasteiger partial charge in [-0.05, 0) is 24.6 Å². The van der Waals surface area contributed by atoms with Crippen LogP contribution >= 0.6 is 0 Å². The Labute approximate surface area is 96.4 Å². The quantitative estimate of drug-likeness (QED) is 0.839. The van der Waals surface area contributed by atoms with Gasteiger partial charge in [0, 0.05) is 0 Å². The van der Waals surface area contributed by atoms with Crippen LogP contribution in [-0.2, 0) is 14.9 Å². The molecule has 0 aliphatic carbocycles. The summed E-state index contributed by atoms with van der Waals surface area (Å²) in [4.78, 5) is 25.4. The molecule has 0 bridgehead atoms. The molecule has 1 fully saturated rings. The molecule has 1 N–H and O–H groups in total. The van der Waals surface area contributed by atoms with Crippen molar-refractivity contribution in [2.75, 3.05) is 13.2 Å². The topological polar surface area (TPSA) is 72.3 Å². The van der Waals surface area contributed by atoms with Crippen LogP contribution in [0.3, 0.4) is 0 Å². The van der Waals surface area contributed by atoms with Crippen molar-refractivity contribution in [1.82, 2.24) is 4.98 Å². The van der Waals surface area contributed by atoms with Crippen LogP contribution in [0, 0.1) is 0 Å². The number of fused-ring (bicyclic) bond motifs is 1. The van der Waals surface area contributed by atoms with Crippen molar-refractivity contribution in [1.29, 1.82) is 0 Å². The number of hydrogen-bond donors (Lipinski definition) is 1. The van der Waals surface area contributed by atoms with Gasteiger partial charge in [0.1, 0.15) is 11.2 Å². The molecule has 88 valence electrons. The van der Waals surface area contributed by atoms with E-state index in [1.807, 2.05) is 6.07 Å². The van der Waals surface area contributed by atoms with Crippen LogP contribution in [-0.4, -0.2) is 24.0 Å². The number of H-pyrrole nitrogens is 1. The van der Waals surface area contributed by atoms with Gasteiger partial charge in [0.25, 0.3) is 0 Å². The lowest BCUT2D eigenvalue weighted by molar-refractivity contribution is -0.140. The molecule has 1 aliphatic heterocycles. The van der Waals surface area contributed by atoms with E-state index in [0.717, 1.165) is 5.56 Å². The van der Waals surface area contributed by atoms with E-state index in [1.165, 1.54) is 0 Å². The highest BCUT2D eigenvalue weighted by atomic mass is 16.5. The minimum absolute atomic E-state index is 0.0777. The Bertz CT molecular complexity index is 648. The third kappa shape index (κ3) is 1.36. The number of oxazole rings is 1. The third-order valence-electron chi connectivity index (χ3n) is 3.34. The number of Topliss-reactive ketones (excluding diaryl/α,β-unsaturated/α-hetero) is 1. The summed E-state index contributed by atoms with van der Waals surface area (Å²) < 4.78 is 10.1. The second-order valence-electron chi connectivity index (χ2n) is 4.36. The number of benzene rings is 1. The lowest BCUT2D eigenvalue weighted by Crippen LogP contribution is -2.52. The van der Waals surface area contributed by atoms with E-state index in [-0.39, 0.29) is 5.78 Å². The number of aromatic nitrogens is 1. The lowest BCUT2D eigenvalue weighted by Gasteiger charge is -2.39. The van der Waals surface area contributed by atoms with E-state index in [4.69, 9.17) is 9.15 Å². The van der Waals surface area contributed by atoms with Crippen LogP contribution in [0.25, 0.3) is 11.1 Å².